The second-order valence-corrected chi connectivity index (χ2v) is 6.42. The van der Waals surface area contributed by atoms with Gasteiger partial charge in [-0.25, -0.2) is 0 Å². The Balaban J connectivity index is 1.64. The van der Waals surface area contributed by atoms with Crippen LogP contribution in [0.2, 0.25) is 0 Å². The summed E-state index contributed by atoms with van der Waals surface area (Å²) in [6.45, 7) is 0. The molecule has 0 unspecified atom stereocenters. The van der Waals surface area contributed by atoms with E-state index in [1.807, 2.05) is 6.07 Å². The van der Waals surface area contributed by atoms with Crippen molar-refractivity contribution in [2.75, 3.05) is 23.5 Å². The van der Waals surface area contributed by atoms with Gasteiger partial charge in [0.05, 0.1) is 17.5 Å². The van der Waals surface area contributed by atoms with Gasteiger partial charge in [-0.15, -0.1) is 11.8 Å². The van der Waals surface area contributed by atoms with Gasteiger partial charge in [-0.2, -0.15) is 0 Å². The number of carbonyl (C=O) groups excluding carboxylic acids is 1. The van der Waals surface area contributed by atoms with Gasteiger partial charge >= 0.3 is 0 Å². The van der Waals surface area contributed by atoms with Crippen molar-refractivity contribution in [3.05, 3.63) is 18.2 Å². The number of methoxy groups -OCH3 is 1. The van der Waals surface area contributed by atoms with Crippen molar-refractivity contribution in [2.45, 2.75) is 42.7 Å². The average Bonchev–Trinajstić information content (AvgIpc) is 2.47. The average molecular weight is 292 g/mol. The molecule has 4 nitrogen and oxygen atoms in total. The van der Waals surface area contributed by atoms with E-state index in [4.69, 9.17) is 4.74 Å². The molecule has 1 heterocycles. The monoisotopic (exact) mass is 292 g/mol. The molecule has 0 spiro atoms. The van der Waals surface area contributed by atoms with Gasteiger partial charge in [0.15, 0.2) is 0 Å². The van der Waals surface area contributed by atoms with E-state index in [9.17, 15) is 4.79 Å². The molecule has 0 atom stereocenters. The summed E-state index contributed by atoms with van der Waals surface area (Å²) in [4.78, 5) is 12.6. The minimum atomic E-state index is 0.0836. The molecule has 1 fully saturated rings. The highest BCUT2D eigenvalue weighted by molar-refractivity contribution is 8.00. The summed E-state index contributed by atoms with van der Waals surface area (Å²) in [5, 5.41) is 6.51. The molecule has 0 aromatic heterocycles. The van der Waals surface area contributed by atoms with E-state index in [0.717, 1.165) is 42.0 Å². The number of carbonyl (C=O) groups is 1. The first kappa shape index (κ1) is 13.8. The molecule has 0 bridgehead atoms. The molecule has 0 saturated heterocycles. The van der Waals surface area contributed by atoms with Crippen LogP contribution in [0.1, 0.15) is 25.7 Å². The highest BCUT2D eigenvalue weighted by Crippen LogP contribution is 2.34. The van der Waals surface area contributed by atoms with E-state index in [0.29, 0.717) is 17.9 Å². The van der Waals surface area contributed by atoms with E-state index in [1.165, 1.54) is 0 Å². The van der Waals surface area contributed by atoms with Gasteiger partial charge in [-0.3, -0.25) is 4.79 Å². The second-order valence-electron chi connectivity index (χ2n) is 5.40. The van der Waals surface area contributed by atoms with Crippen LogP contribution in [-0.2, 0) is 9.53 Å². The quantitative estimate of drug-likeness (QED) is 0.899. The minimum Gasteiger partial charge on any atom is -0.382 e. The van der Waals surface area contributed by atoms with Crippen molar-refractivity contribution in [2.24, 2.45) is 0 Å². The van der Waals surface area contributed by atoms with Crippen LogP contribution in [0.25, 0.3) is 0 Å². The summed E-state index contributed by atoms with van der Waals surface area (Å²) < 4.78 is 5.40. The fourth-order valence-corrected chi connectivity index (χ4v) is 3.64. The lowest BCUT2D eigenvalue weighted by molar-refractivity contribution is -0.113. The Morgan fingerprint density at radius 2 is 2.10 bits per heavy atom. The first-order chi connectivity index (χ1) is 9.74. The first-order valence-corrected chi connectivity index (χ1v) is 8.09. The van der Waals surface area contributed by atoms with Gasteiger partial charge in [0.25, 0.3) is 0 Å². The molecule has 20 heavy (non-hydrogen) atoms. The van der Waals surface area contributed by atoms with Crippen molar-refractivity contribution in [1.29, 1.82) is 0 Å². The van der Waals surface area contributed by atoms with E-state index in [2.05, 4.69) is 22.8 Å². The number of amides is 1. The number of rotatable bonds is 3. The maximum absolute atomic E-state index is 11.4. The number of anilines is 2. The molecule has 1 aromatic carbocycles. The minimum absolute atomic E-state index is 0.0836. The Labute approximate surface area is 123 Å². The van der Waals surface area contributed by atoms with Crippen LogP contribution in [0.3, 0.4) is 0 Å². The number of thioether (sulfide) groups is 1. The van der Waals surface area contributed by atoms with Gasteiger partial charge in [0.1, 0.15) is 0 Å². The Hall–Kier alpha value is -1.20. The third kappa shape index (κ3) is 3.10. The summed E-state index contributed by atoms with van der Waals surface area (Å²) in [5.41, 5.74) is 2.02. The van der Waals surface area contributed by atoms with E-state index >= 15 is 0 Å². The zero-order chi connectivity index (χ0) is 13.9. The van der Waals surface area contributed by atoms with E-state index in [1.54, 1.807) is 18.9 Å². The SMILES string of the molecule is COC1CCC(Nc2ccc3c(c2)NC(=O)CS3)CC1. The summed E-state index contributed by atoms with van der Waals surface area (Å²) in [7, 11) is 1.79. The molecule has 1 aliphatic heterocycles. The van der Waals surface area contributed by atoms with Crippen molar-refractivity contribution in [3.8, 4) is 0 Å². The normalized spacial score (nSPS) is 25.8. The van der Waals surface area contributed by atoms with Crippen LogP contribution in [-0.4, -0.2) is 30.9 Å². The molecule has 1 aromatic rings. The van der Waals surface area contributed by atoms with Gasteiger partial charge < -0.3 is 15.4 Å². The number of ether oxygens (including phenoxy) is 1. The molecular weight excluding hydrogens is 272 g/mol. The Morgan fingerprint density at radius 1 is 1.30 bits per heavy atom. The summed E-state index contributed by atoms with van der Waals surface area (Å²) in [6.07, 6.45) is 4.93. The third-order valence-corrected chi connectivity index (χ3v) is 5.06. The van der Waals surface area contributed by atoms with Crippen molar-refractivity contribution >= 4 is 29.0 Å². The molecule has 2 aliphatic rings. The van der Waals surface area contributed by atoms with Crippen LogP contribution in [0.5, 0.6) is 0 Å². The summed E-state index contributed by atoms with van der Waals surface area (Å²) in [5.74, 6) is 0.598. The van der Waals surface area contributed by atoms with Crippen LogP contribution >= 0.6 is 11.8 Å². The van der Waals surface area contributed by atoms with Gasteiger partial charge in [-0.05, 0) is 43.9 Å². The van der Waals surface area contributed by atoms with Gasteiger partial charge in [0.2, 0.25) is 5.91 Å². The molecule has 1 aliphatic carbocycles. The first-order valence-electron chi connectivity index (χ1n) is 7.10. The maximum Gasteiger partial charge on any atom is 0.234 e. The summed E-state index contributed by atoms with van der Waals surface area (Å²) >= 11 is 1.60. The molecule has 108 valence electrons. The van der Waals surface area contributed by atoms with E-state index < -0.39 is 0 Å². The maximum atomic E-state index is 11.4. The molecule has 3 rings (SSSR count). The van der Waals surface area contributed by atoms with Crippen molar-refractivity contribution in [3.63, 3.8) is 0 Å². The topological polar surface area (TPSA) is 50.4 Å². The molecule has 5 heteroatoms. The molecule has 1 amide bonds. The number of nitrogens with one attached hydrogen (secondary N) is 2. The lowest BCUT2D eigenvalue weighted by atomic mass is 9.93. The standard InChI is InChI=1S/C15H20N2O2S/c1-19-12-5-2-10(3-6-12)16-11-4-7-14-13(8-11)17-15(18)9-20-14/h4,7-8,10,12,16H,2-3,5-6,9H2,1H3,(H,17,18). The number of fused-ring (bicyclic) bond motifs is 1. The molecule has 1 saturated carbocycles. The van der Waals surface area contributed by atoms with E-state index in [-0.39, 0.29) is 5.91 Å². The lowest BCUT2D eigenvalue weighted by Gasteiger charge is -2.29. The van der Waals surface area contributed by atoms with Crippen LogP contribution < -0.4 is 10.6 Å². The molecule has 0 radical (unpaired) electrons. The zero-order valence-electron chi connectivity index (χ0n) is 11.6. The van der Waals surface area contributed by atoms with Crippen LogP contribution in [0, 0.1) is 0 Å². The van der Waals surface area contributed by atoms with Crippen LogP contribution in [0.15, 0.2) is 23.1 Å². The fraction of sp³-hybridized carbons (Fsp3) is 0.533. The fourth-order valence-electron chi connectivity index (χ4n) is 2.85. The van der Waals surface area contributed by atoms with Crippen molar-refractivity contribution in [1.82, 2.24) is 0 Å². The predicted molar refractivity (Wildman–Crippen MR) is 82.5 cm³/mol. The second kappa shape index (κ2) is 6.06. The van der Waals surface area contributed by atoms with Gasteiger partial charge in [-0.1, -0.05) is 0 Å². The molecule has 2 N–H and O–H groups in total. The van der Waals surface area contributed by atoms with Gasteiger partial charge in [0, 0.05) is 23.7 Å². The van der Waals surface area contributed by atoms with Crippen molar-refractivity contribution < 1.29 is 9.53 Å². The summed E-state index contributed by atoms with van der Waals surface area (Å²) in [6, 6.07) is 6.74. The number of hydrogen-bond acceptors (Lipinski definition) is 4. The largest absolute Gasteiger partial charge is 0.382 e. The molecular formula is C15H20N2O2S. The zero-order valence-corrected chi connectivity index (χ0v) is 12.5. The Kier molecular flexibility index (Phi) is 4.17. The Morgan fingerprint density at radius 3 is 2.85 bits per heavy atom. The smallest absolute Gasteiger partial charge is 0.234 e. The Bertz CT molecular complexity index is 499. The number of benzene rings is 1. The highest BCUT2D eigenvalue weighted by Gasteiger charge is 2.21. The lowest BCUT2D eigenvalue weighted by Crippen LogP contribution is -2.29. The number of hydrogen-bond donors (Lipinski definition) is 2. The highest BCUT2D eigenvalue weighted by atomic mass is 32.2. The van der Waals surface area contributed by atoms with Crippen LogP contribution in [0.4, 0.5) is 11.4 Å². The predicted octanol–water partition coefficient (Wildman–Crippen LogP) is 3.10. The third-order valence-electron chi connectivity index (χ3n) is 3.99.